The van der Waals surface area contributed by atoms with E-state index in [1.54, 1.807) is 0 Å². The number of benzene rings is 3. The molecule has 0 radical (unpaired) electrons. The van der Waals surface area contributed by atoms with E-state index in [1.807, 2.05) is 0 Å². The SMILES string of the molecule is COc1cc(C(=O)OC2C(OC3Cc4c(O)cc(O)cc4OC3c3ccc(O)c(O)c3)OC(CO)C(O)C2O)ccc1O. The third kappa shape index (κ3) is 5.91. The topological polar surface area (TPSA) is 225 Å². The van der Waals surface area contributed by atoms with Gasteiger partial charge in [0.2, 0.25) is 0 Å². The van der Waals surface area contributed by atoms with E-state index in [4.69, 9.17) is 23.7 Å². The van der Waals surface area contributed by atoms with Gasteiger partial charge in [-0.3, -0.25) is 0 Å². The predicted molar refractivity (Wildman–Crippen MR) is 143 cm³/mol. The van der Waals surface area contributed by atoms with Crippen LogP contribution >= 0.6 is 0 Å². The number of aromatic hydroxyl groups is 5. The average Bonchev–Trinajstić information content (AvgIpc) is 2.98. The first-order valence-corrected chi connectivity index (χ1v) is 13.1. The number of aliphatic hydroxyl groups is 3. The molecule has 8 N–H and O–H groups in total. The van der Waals surface area contributed by atoms with Crippen LogP contribution in [0.25, 0.3) is 0 Å². The minimum absolute atomic E-state index is 0.0214. The number of hydrogen-bond acceptors (Lipinski definition) is 14. The number of phenolic OH excluding ortho intramolecular Hbond substituents is 5. The molecule has 0 saturated carbocycles. The second kappa shape index (κ2) is 12.0. The van der Waals surface area contributed by atoms with Crippen LogP contribution < -0.4 is 9.47 Å². The number of carbonyl (C=O) groups is 1. The molecule has 2 aliphatic rings. The molecule has 43 heavy (non-hydrogen) atoms. The van der Waals surface area contributed by atoms with Gasteiger partial charge in [0.15, 0.2) is 41.5 Å². The fraction of sp³-hybridized carbons (Fsp3) is 0.345. The molecule has 3 aromatic rings. The first-order valence-electron chi connectivity index (χ1n) is 13.1. The Bertz CT molecular complexity index is 1490. The van der Waals surface area contributed by atoms with Crippen LogP contribution in [0.2, 0.25) is 0 Å². The van der Waals surface area contributed by atoms with Gasteiger partial charge in [-0.15, -0.1) is 0 Å². The summed E-state index contributed by atoms with van der Waals surface area (Å²) in [6.07, 6.45) is -10.3. The highest BCUT2D eigenvalue weighted by Gasteiger charge is 2.49. The van der Waals surface area contributed by atoms with E-state index >= 15 is 0 Å². The lowest BCUT2D eigenvalue weighted by molar-refractivity contribution is -0.316. The number of hydrogen-bond donors (Lipinski definition) is 8. The van der Waals surface area contributed by atoms with E-state index < -0.39 is 67.0 Å². The summed E-state index contributed by atoms with van der Waals surface area (Å²) in [6.45, 7) is -0.729. The largest absolute Gasteiger partial charge is 0.508 e. The van der Waals surface area contributed by atoms with Crippen LogP contribution in [0.15, 0.2) is 48.5 Å². The number of rotatable bonds is 7. The molecule has 5 rings (SSSR count). The third-order valence-electron chi connectivity index (χ3n) is 7.29. The lowest BCUT2D eigenvalue weighted by atomic mass is 9.93. The predicted octanol–water partition coefficient (Wildman–Crippen LogP) is 0.949. The number of phenols is 5. The minimum atomic E-state index is -1.79. The maximum absolute atomic E-state index is 13.1. The van der Waals surface area contributed by atoms with Crippen molar-refractivity contribution in [3.63, 3.8) is 0 Å². The molecule has 0 aromatic heterocycles. The lowest BCUT2D eigenvalue weighted by Crippen LogP contribution is -2.61. The van der Waals surface area contributed by atoms with Gasteiger partial charge in [0, 0.05) is 24.1 Å². The van der Waals surface area contributed by atoms with Crippen LogP contribution in [0.4, 0.5) is 0 Å². The Kier molecular flexibility index (Phi) is 8.39. The molecule has 230 valence electrons. The zero-order chi connectivity index (χ0) is 31.0. The zero-order valence-electron chi connectivity index (χ0n) is 22.6. The quantitative estimate of drug-likeness (QED) is 0.139. The van der Waals surface area contributed by atoms with E-state index in [2.05, 4.69) is 0 Å². The van der Waals surface area contributed by atoms with Crippen molar-refractivity contribution in [1.29, 1.82) is 0 Å². The van der Waals surface area contributed by atoms with Crippen molar-refractivity contribution in [3.05, 3.63) is 65.2 Å². The molecule has 3 aromatic carbocycles. The summed E-state index contributed by atoms with van der Waals surface area (Å²) in [7, 11) is 1.28. The molecule has 2 heterocycles. The van der Waals surface area contributed by atoms with E-state index in [0.717, 1.165) is 6.07 Å². The van der Waals surface area contributed by atoms with Crippen molar-refractivity contribution in [2.45, 2.75) is 49.3 Å². The fourth-order valence-electron chi connectivity index (χ4n) is 5.03. The van der Waals surface area contributed by atoms with Crippen molar-refractivity contribution < 1.29 is 69.3 Å². The smallest absolute Gasteiger partial charge is 0.338 e. The highest BCUT2D eigenvalue weighted by molar-refractivity contribution is 5.90. The Hall–Kier alpha value is -4.47. The summed E-state index contributed by atoms with van der Waals surface area (Å²) >= 11 is 0. The molecule has 14 nitrogen and oxygen atoms in total. The van der Waals surface area contributed by atoms with E-state index in [-0.39, 0.29) is 46.3 Å². The van der Waals surface area contributed by atoms with Gasteiger partial charge in [-0.05, 0) is 35.9 Å². The average molecular weight is 603 g/mol. The maximum Gasteiger partial charge on any atom is 0.338 e. The fourth-order valence-corrected chi connectivity index (χ4v) is 5.03. The number of esters is 1. The Labute approximate surface area is 244 Å². The van der Waals surface area contributed by atoms with Gasteiger partial charge in [0.1, 0.15) is 41.7 Å². The van der Waals surface area contributed by atoms with Crippen molar-refractivity contribution in [2.24, 2.45) is 0 Å². The molecular formula is C29H30O14. The van der Waals surface area contributed by atoms with E-state index in [1.165, 1.54) is 49.6 Å². The van der Waals surface area contributed by atoms with Crippen LogP contribution in [-0.4, -0.2) is 97.3 Å². The Morgan fingerprint density at radius 2 is 1.65 bits per heavy atom. The van der Waals surface area contributed by atoms with Crippen LogP contribution in [0.1, 0.15) is 27.6 Å². The highest BCUT2D eigenvalue weighted by atomic mass is 16.7. The summed E-state index contributed by atoms with van der Waals surface area (Å²) in [4.78, 5) is 13.1. The molecule has 7 atom stereocenters. The molecule has 1 saturated heterocycles. The normalized spacial score (nSPS) is 26.7. The minimum Gasteiger partial charge on any atom is -0.508 e. The van der Waals surface area contributed by atoms with Crippen molar-refractivity contribution in [3.8, 4) is 40.2 Å². The number of methoxy groups -OCH3 is 1. The molecular weight excluding hydrogens is 572 g/mol. The highest BCUT2D eigenvalue weighted by Crippen LogP contribution is 2.44. The van der Waals surface area contributed by atoms with Gasteiger partial charge in [-0.1, -0.05) is 6.07 Å². The summed E-state index contributed by atoms with van der Waals surface area (Å²) in [5.74, 6) is -2.60. The van der Waals surface area contributed by atoms with Crippen LogP contribution in [0, 0.1) is 0 Å². The monoisotopic (exact) mass is 602 g/mol. The number of carbonyl (C=O) groups excluding carboxylic acids is 1. The molecule has 14 heteroatoms. The molecule has 0 aliphatic carbocycles. The summed E-state index contributed by atoms with van der Waals surface area (Å²) < 4.78 is 28.5. The standard InChI is InChI=1S/C29H30O14/c1-39-21-7-13(3-5-17(21)33)28(38)43-27-25(37)24(36)23(11-30)42-29(27)41-22-10-15-18(34)8-14(31)9-20(15)40-26(22)12-2-4-16(32)19(35)6-12/h2-9,22-27,29-37H,10-11H2,1H3. The number of fused-ring (bicyclic) bond motifs is 1. The summed E-state index contributed by atoms with van der Waals surface area (Å²) in [5.41, 5.74) is 0.465. The number of aliphatic hydroxyl groups excluding tert-OH is 3. The Balaban J connectivity index is 1.49. The third-order valence-corrected chi connectivity index (χ3v) is 7.29. The molecule has 7 unspecified atom stereocenters. The second-order valence-corrected chi connectivity index (χ2v) is 10.1. The zero-order valence-corrected chi connectivity index (χ0v) is 22.6. The van der Waals surface area contributed by atoms with Crippen LogP contribution in [0.3, 0.4) is 0 Å². The van der Waals surface area contributed by atoms with Gasteiger partial charge in [0.25, 0.3) is 0 Å². The molecule has 0 bridgehead atoms. The van der Waals surface area contributed by atoms with E-state index in [0.29, 0.717) is 5.56 Å². The summed E-state index contributed by atoms with van der Waals surface area (Å²) in [5, 5.41) is 81.6. The van der Waals surface area contributed by atoms with Gasteiger partial charge in [0.05, 0.1) is 19.3 Å². The molecule has 0 amide bonds. The lowest BCUT2D eigenvalue weighted by Gasteiger charge is -2.44. The number of ether oxygens (including phenoxy) is 5. The Morgan fingerprint density at radius 1 is 0.907 bits per heavy atom. The molecule has 2 aliphatic heterocycles. The van der Waals surface area contributed by atoms with Gasteiger partial charge >= 0.3 is 5.97 Å². The van der Waals surface area contributed by atoms with Crippen molar-refractivity contribution in [1.82, 2.24) is 0 Å². The maximum atomic E-state index is 13.1. The Morgan fingerprint density at radius 3 is 2.35 bits per heavy atom. The van der Waals surface area contributed by atoms with Crippen LogP contribution in [-0.2, 0) is 20.6 Å². The second-order valence-electron chi connectivity index (χ2n) is 10.1. The van der Waals surface area contributed by atoms with E-state index in [9.17, 15) is 45.6 Å². The molecule has 0 spiro atoms. The van der Waals surface area contributed by atoms with Crippen molar-refractivity contribution in [2.75, 3.05) is 13.7 Å². The first-order chi connectivity index (χ1) is 20.5. The first kappa shape index (κ1) is 30.0. The van der Waals surface area contributed by atoms with Gasteiger partial charge in [-0.25, -0.2) is 4.79 Å². The van der Waals surface area contributed by atoms with Crippen LogP contribution in [0.5, 0.6) is 40.2 Å². The molecule has 1 fully saturated rings. The summed E-state index contributed by atoms with van der Waals surface area (Å²) in [6, 6.07) is 9.90. The van der Waals surface area contributed by atoms with Gasteiger partial charge < -0.3 is 64.5 Å². The van der Waals surface area contributed by atoms with Crippen molar-refractivity contribution >= 4 is 5.97 Å². The van der Waals surface area contributed by atoms with Gasteiger partial charge in [-0.2, -0.15) is 0 Å².